The maximum Gasteiger partial charge on any atom is 0.361 e. The quantitative estimate of drug-likeness (QED) is 0.0278. The molecule has 0 aromatic rings. The van der Waals surface area contributed by atoms with E-state index in [-0.39, 0.29) is 38.2 Å². The number of nitrogens with zero attached hydrogens (tertiary/aromatic N) is 1. The Morgan fingerprint density at radius 3 is 0.970 bits per heavy atom. The molecule has 0 aliphatic carbocycles. The number of hydrogen-bond acceptors (Lipinski definition) is 7. The van der Waals surface area contributed by atoms with Crippen molar-refractivity contribution in [1.29, 1.82) is 0 Å². The highest BCUT2D eigenvalue weighted by Crippen LogP contribution is 2.18. The van der Waals surface area contributed by atoms with E-state index < -0.39 is 18.4 Å². The van der Waals surface area contributed by atoms with E-state index in [1.807, 2.05) is 21.1 Å². The summed E-state index contributed by atoms with van der Waals surface area (Å²) in [5, 5.41) is 9.69. The molecule has 0 amide bonds. The summed E-state index contributed by atoms with van der Waals surface area (Å²) in [7, 11) is 5.98. The van der Waals surface area contributed by atoms with Crippen LogP contribution < -0.4 is 0 Å². The third kappa shape index (κ3) is 50.2. The Hall–Kier alpha value is -1.71. The van der Waals surface area contributed by atoms with E-state index in [1.54, 1.807) is 0 Å². The lowest BCUT2D eigenvalue weighted by atomic mass is 10.0. The van der Waals surface area contributed by atoms with Crippen LogP contribution in [0.5, 0.6) is 0 Å². The minimum absolute atomic E-state index is 0.172. The van der Waals surface area contributed by atoms with Gasteiger partial charge in [0.25, 0.3) is 6.29 Å². The molecule has 0 saturated heterocycles. The fraction of sp³-hybridized carbons (Fsp3) is 0.947. The highest BCUT2D eigenvalue weighted by molar-refractivity contribution is 5.71. The molecule has 0 rings (SSSR count). The number of carbonyl (C=O) groups excluding carboxylic acids is 2. The summed E-state index contributed by atoms with van der Waals surface area (Å²) in [5.41, 5.74) is 0. The molecule has 66 heavy (non-hydrogen) atoms. The first-order valence-corrected chi connectivity index (χ1v) is 28.7. The number of quaternary nitrogens is 1. The average Bonchev–Trinajstić information content (AvgIpc) is 3.28. The minimum Gasteiger partial charge on any atom is -0.477 e. The summed E-state index contributed by atoms with van der Waals surface area (Å²) in [5.74, 6) is -1.97. The predicted octanol–water partition coefficient (Wildman–Crippen LogP) is 16.4. The topological polar surface area (TPSA) is 108 Å². The molecule has 2 unspecified atom stereocenters. The number of carboxylic acids is 1. The summed E-state index contributed by atoms with van der Waals surface area (Å²) in [6.07, 6.45) is 51.7. The zero-order chi connectivity index (χ0) is 48.4. The van der Waals surface area contributed by atoms with Crippen molar-refractivity contribution in [2.24, 2.45) is 0 Å². The summed E-state index contributed by atoms with van der Waals surface area (Å²) < 4.78 is 22.9. The van der Waals surface area contributed by atoms with Crippen molar-refractivity contribution >= 4 is 17.9 Å². The van der Waals surface area contributed by atoms with Gasteiger partial charge in [-0.2, -0.15) is 0 Å². The first-order chi connectivity index (χ1) is 32.1. The normalized spacial score (nSPS) is 12.7. The fourth-order valence-electron chi connectivity index (χ4n) is 8.66. The van der Waals surface area contributed by atoms with Crippen LogP contribution in [0.4, 0.5) is 0 Å². The van der Waals surface area contributed by atoms with Gasteiger partial charge < -0.3 is 28.5 Å². The Morgan fingerprint density at radius 1 is 0.394 bits per heavy atom. The minimum atomic E-state index is -1.50. The molecular formula is C57H112NO8+. The van der Waals surface area contributed by atoms with E-state index in [0.717, 1.165) is 38.5 Å². The molecule has 0 aliphatic heterocycles. The molecule has 0 spiro atoms. The monoisotopic (exact) mass is 939 g/mol. The molecule has 0 aliphatic rings. The van der Waals surface area contributed by atoms with Gasteiger partial charge in [-0.1, -0.05) is 264 Å². The lowest BCUT2D eigenvalue weighted by Crippen LogP contribution is -2.40. The van der Waals surface area contributed by atoms with E-state index in [4.69, 9.17) is 18.9 Å². The van der Waals surface area contributed by atoms with Crippen molar-refractivity contribution in [2.75, 3.05) is 47.5 Å². The van der Waals surface area contributed by atoms with Crippen molar-refractivity contribution in [3.63, 3.8) is 0 Å². The number of likely N-dealkylation sites (N-methyl/N-ethyl adjacent to an activating group) is 1. The van der Waals surface area contributed by atoms with Crippen molar-refractivity contribution in [3.8, 4) is 0 Å². The third-order valence-electron chi connectivity index (χ3n) is 13.1. The Balaban J connectivity index is 4.20. The molecule has 9 heteroatoms. The van der Waals surface area contributed by atoms with Crippen LogP contribution in [-0.2, 0) is 33.3 Å². The van der Waals surface area contributed by atoms with Gasteiger partial charge in [-0.05, 0) is 12.8 Å². The van der Waals surface area contributed by atoms with E-state index in [2.05, 4.69) is 13.8 Å². The van der Waals surface area contributed by atoms with Gasteiger partial charge in [-0.15, -0.1) is 0 Å². The Labute approximate surface area is 409 Å². The predicted molar refractivity (Wildman–Crippen MR) is 277 cm³/mol. The second-order valence-electron chi connectivity index (χ2n) is 21.0. The van der Waals surface area contributed by atoms with Crippen molar-refractivity contribution in [3.05, 3.63) is 0 Å². The largest absolute Gasteiger partial charge is 0.477 e. The van der Waals surface area contributed by atoms with Crippen LogP contribution in [0.25, 0.3) is 0 Å². The van der Waals surface area contributed by atoms with Crippen molar-refractivity contribution in [2.45, 2.75) is 302 Å². The summed E-state index contributed by atoms with van der Waals surface area (Å²) in [6, 6.07) is 0. The fourth-order valence-corrected chi connectivity index (χ4v) is 8.66. The highest BCUT2D eigenvalue weighted by Gasteiger charge is 2.25. The molecule has 0 heterocycles. The first kappa shape index (κ1) is 64.3. The average molecular weight is 940 g/mol. The summed E-state index contributed by atoms with van der Waals surface area (Å²) >= 11 is 0. The number of carboxylic acid groups (broad SMARTS) is 1. The van der Waals surface area contributed by atoms with Crippen LogP contribution in [0.15, 0.2) is 0 Å². The van der Waals surface area contributed by atoms with Gasteiger partial charge in [0.05, 0.1) is 34.4 Å². The lowest BCUT2D eigenvalue weighted by Gasteiger charge is -2.25. The van der Waals surface area contributed by atoms with Gasteiger partial charge >= 0.3 is 17.9 Å². The molecule has 0 aromatic heterocycles. The van der Waals surface area contributed by atoms with Crippen molar-refractivity contribution < 1.29 is 42.9 Å². The summed E-state index contributed by atoms with van der Waals surface area (Å²) in [6.45, 7) is 4.95. The summed E-state index contributed by atoms with van der Waals surface area (Å²) in [4.78, 5) is 37.4. The number of unbranched alkanes of at least 4 members (excludes halogenated alkanes) is 39. The standard InChI is InChI=1S/C57H111NO8/c1-6-8-10-12-14-16-18-20-22-24-26-27-28-30-32-34-36-38-40-42-44-46-48-55(60)66-53(52-65-57(56(61)62)63-50-49-58(3,4)5)51-64-54(59)47-45-43-41-39-37-35-33-31-29-25-23-21-19-17-15-13-11-9-7-2/h53,57H,6-52H2,1-5H3/p+1. The second kappa shape index (κ2) is 49.7. The van der Waals surface area contributed by atoms with Crippen molar-refractivity contribution in [1.82, 2.24) is 0 Å². The van der Waals surface area contributed by atoms with Crippen LogP contribution in [0.3, 0.4) is 0 Å². The number of carbonyl (C=O) groups is 3. The Morgan fingerprint density at radius 2 is 0.682 bits per heavy atom. The molecule has 392 valence electrons. The van der Waals surface area contributed by atoms with E-state index >= 15 is 0 Å². The number of hydrogen-bond donors (Lipinski definition) is 1. The van der Waals surface area contributed by atoms with Gasteiger partial charge in [0.15, 0.2) is 6.10 Å². The molecule has 0 radical (unpaired) electrons. The molecule has 9 nitrogen and oxygen atoms in total. The molecule has 0 bridgehead atoms. The van der Waals surface area contributed by atoms with Crippen LogP contribution in [0, 0.1) is 0 Å². The maximum absolute atomic E-state index is 12.9. The zero-order valence-corrected chi connectivity index (χ0v) is 44.6. The number of rotatable bonds is 54. The van der Waals surface area contributed by atoms with E-state index in [1.165, 1.54) is 225 Å². The molecule has 1 N–H and O–H groups in total. The van der Waals surface area contributed by atoms with Gasteiger partial charge in [-0.25, -0.2) is 4.79 Å². The second-order valence-corrected chi connectivity index (χ2v) is 21.0. The van der Waals surface area contributed by atoms with Crippen LogP contribution >= 0.6 is 0 Å². The van der Waals surface area contributed by atoms with Gasteiger partial charge in [-0.3, -0.25) is 9.59 Å². The Bertz CT molecular complexity index is 1050. The third-order valence-corrected chi connectivity index (χ3v) is 13.1. The van der Waals surface area contributed by atoms with Gasteiger partial charge in [0.1, 0.15) is 13.2 Å². The molecule has 2 atom stereocenters. The van der Waals surface area contributed by atoms with Gasteiger partial charge in [0, 0.05) is 12.8 Å². The smallest absolute Gasteiger partial charge is 0.361 e. The zero-order valence-electron chi connectivity index (χ0n) is 44.6. The first-order valence-electron chi connectivity index (χ1n) is 28.7. The number of esters is 2. The van der Waals surface area contributed by atoms with E-state index in [9.17, 15) is 19.5 Å². The molecule has 0 aromatic carbocycles. The van der Waals surface area contributed by atoms with Gasteiger partial charge in [0.2, 0.25) is 0 Å². The molecule has 0 saturated carbocycles. The lowest BCUT2D eigenvalue weighted by molar-refractivity contribution is -0.870. The van der Waals surface area contributed by atoms with E-state index in [0.29, 0.717) is 17.4 Å². The Kier molecular flexibility index (Phi) is 48.4. The molecule has 0 fully saturated rings. The highest BCUT2D eigenvalue weighted by atomic mass is 16.7. The maximum atomic E-state index is 12.9. The number of aliphatic carboxylic acids is 1. The molecular weight excluding hydrogens is 827 g/mol. The van der Waals surface area contributed by atoms with Crippen LogP contribution in [0.2, 0.25) is 0 Å². The van der Waals surface area contributed by atoms with Crippen LogP contribution in [-0.4, -0.2) is 87.4 Å². The SMILES string of the molecule is CCCCCCCCCCCCCCCCCCCCCCCCC(=O)OC(COC(=O)CCCCCCCCCCCCCCCCCCCCC)COC(OCC[N+](C)(C)C)C(=O)O. The number of ether oxygens (including phenoxy) is 4. The van der Waals surface area contributed by atoms with Crippen LogP contribution in [0.1, 0.15) is 290 Å².